The van der Waals surface area contributed by atoms with Crippen molar-refractivity contribution >= 4 is 21.6 Å². The fourth-order valence-electron chi connectivity index (χ4n) is 0.938. The van der Waals surface area contributed by atoms with Crippen molar-refractivity contribution in [2.24, 2.45) is 7.05 Å². The monoisotopic (exact) mass is 297 g/mol. The summed E-state index contributed by atoms with van der Waals surface area (Å²) >= 11 is 3.01. The van der Waals surface area contributed by atoms with E-state index in [0.717, 1.165) is 4.68 Å². The van der Waals surface area contributed by atoms with Crippen LogP contribution in [0, 0.1) is 0 Å². The fourth-order valence-corrected chi connectivity index (χ4v) is 1.44. The molecule has 1 aromatic heterocycles. The molecule has 0 aromatic carbocycles. The molecule has 0 amide bonds. The maximum atomic E-state index is 12.0. The number of anilines is 1. The molecular weight excluding hydrogens is 288 g/mol. The third kappa shape index (κ3) is 2.99. The lowest BCUT2D eigenvalue weighted by Crippen LogP contribution is -2.28. The molecule has 0 radical (unpaired) electrons. The van der Waals surface area contributed by atoms with Crippen LogP contribution in [-0.2, 0) is 7.05 Å². The predicted octanol–water partition coefficient (Wildman–Crippen LogP) is 0.581. The maximum absolute atomic E-state index is 12.0. The first kappa shape index (κ1) is 13.0. The van der Waals surface area contributed by atoms with Crippen LogP contribution >= 0.6 is 15.9 Å². The molecule has 0 saturated carbocycles. The largest absolute Gasteiger partial charge is 0.385 e. The Kier molecular flexibility index (Phi) is 4.36. The molecule has 0 aliphatic carbocycles. The zero-order valence-corrected chi connectivity index (χ0v) is 9.91. The zero-order chi connectivity index (χ0) is 12.3. The van der Waals surface area contributed by atoms with Crippen LogP contribution < -0.4 is 10.9 Å². The molecule has 1 atom stereocenters. The highest BCUT2D eigenvalue weighted by atomic mass is 79.9. The SMILES string of the molecule is Cn1ncc(NCC(O)C(F)F)c(Br)c1=O. The van der Waals surface area contributed by atoms with E-state index in [-0.39, 0.29) is 16.7 Å². The van der Waals surface area contributed by atoms with Crippen molar-refractivity contribution < 1.29 is 13.9 Å². The van der Waals surface area contributed by atoms with Gasteiger partial charge in [-0.25, -0.2) is 13.5 Å². The van der Waals surface area contributed by atoms with E-state index in [1.807, 2.05) is 0 Å². The van der Waals surface area contributed by atoms with E-state index in [9.17, 15) is 13.6 Å². The number of hydrogen-bond donors (Lipinski definition) is 2. The van der Waals surface area contributed by atoms with Gasteiger partial charge >= 0.3 is 0 Å². The normalized spacial score (nSPS) is 12.9. The highest BCUT2D eigenvalue weighted by molar-refractivity contribution is 9.10. The molecule has 8 heteroatoms. The molecule has 0 aliphatic heterocycles. The fraction of sp³-hybridized carbons (Fsp3) is 0.500. The van der Waals surface area contributed by atoms with Gasteiger partial charge in [-0.05, 0) is 15.9 Å². The van der Waals surface area contributed by atoms with Crippen LogP contribution in [0.15, 0.2) is 15.5 Å². The molecule has 0 fully saturated rings. The minimum absolute atomic E-state index is 0.187. The van der Waals surface area contributed by atoms with Crippen LogP contribution in [0.25, 0.3) is 0 Å². The Bertz CT molecular complexity index is 424. The van der Waals surface area contributed by atoms with Gasteiger partial charge in [0.2, 0.25) is 0 Å². The Labute approximate surface area is 98.2 Å². The molecule has 1 heterocycles. The smallest absolute Gasteiger partial charge is 0.282 e. The van der Waals surface area contributed by atoms with E-state index in [0.29, 0.717) is 0 Å². The summed E-state index contributed by atoms with van der Waals surface area (Å²) in [5, 5.41) is 15.1. The van der Waals surface area contributed by atoms with Crippen molar-refractivity contribution in [1.82, 2.24) is 9.78 Å². The Morgan fingerprint density at radius 2 is 2.31 bits per heavy atom. The molecule has 16 heavy (non-hydrogen) atoms. The highest BCUT2D eigenvalue weighted by Crippen LogP contribution is 2.16. The number of hydrogen-bond acceptors (Lipinski definition) is 4. The number of aromatic nitrogens is 2. The topological polar surface area (TPSA) is 67.2 Å². The van der Waals surface area contributed by atoms with E-state index >= 15 is 0 Å². The summed E-state index contributed by atoms with van der Waals surface area (Å²) in [4.78, 5) is 11.4. The van der Waals surface area contributed by atoms with Crippen LogP contribution in [0.3, 0.4) is 0 Å². The number of alkyl halides is 2. The van der Waals surface area contributed by atoms with Crippen LogP contribution in [0.1, 0.15) is 0 Å². The first-order valence-electron chi connectivity index (χ1n) is 4.35. The van der Waals surface area contributed by atoms with Crippen molar-refractivity contribution in [3.05, 3.63) is 21.0 Å². The average molecular weight is 298 g/mol. The molecule has 2 N–H and O–H groups in total. The van der Waals surface area contributed by atoms with E-state index in [1.54, 1.807) is 0 Å². The van der Waals surface area contributed by atoms with Gasteiger partial charge in [0.15, 0.2) is 0 Å². The Balaban J connectivity index is 2.76. The van der Waals surface area contributed by atoms with Gasteiger partial charge < -0.3 is 10.4 Å². The minimum atomic E-state index is -2.83. The number of nitrogens with one attached hydrogen (secondary N) is 1. The lowest BCUT2D eigenvalue weighted by atomic mass is 10.3. The Morgan fingerprint density at radius 3 is 2.88 bits per heavy atom. The van der Waals surface area contributed by atoms with Crippen molar-refractivity contribution in [1.29, 1.82) is 0 Å². The molecule has 1 aromatic rings. The molecule has 1 rings (SSSR count). The summed E-state index contributed by atoms with van der Waals surface area (Å²) in [5.41, 5.74) is -0.126. The lowest BCUT2D eigenvalue weighted by molar-refractivity contribution is 0.00383. The average Bonchev–Trinajstić information content (AvgIpc) is 2.24. The maximum Gasteiger partial charge on any atom is 0.282 e. The summed E-state index contributed by atoms with van der Waals surface area (Å²) in [6, 6.07) is 0. The number of aliphatic hydroxyl groups excluding tert-OH is 1. The zero-order valence-electron chi connectivity index (χ0n) is 8.32. The van der Waals surface area contributed by atoms with Gasteiger partial charge in [0.25, 0.3) is 12.0 Å². The molecular formula is C8H10BrF2N3O2. The van der Waals surface area contributed by atoms with Crippen molar-refractivity contribution in [2.75, 3.05) is 11.9 Å². The minimum Gasteiger partial charge on any atom is -0.385 e. The summed E-state index contributed by atoms with van der Waals surface area (Å²) in [6.07, 6.45) is -3.30. The number of nitrogens with zero attached hydrogens (tertiary/aromatic N) is 2. The molecule has 5 nitrogen and oxygen atoms in total. The second-order valence-electron chi connectivity index (χ2n) is 3.08. The van der Waals surface area contributed by atoms with Gasteiger partial charge in [0.1, 0.15) is 10.6 Å². The van der Waals surface area contributed by atoms with E-state index < -0.39 is 18.1 Å². The molecule has 0 bridgehead atoms. The number of halogens is 3. The van der Waals surface area contributed by atoms with E-state index in [2.05, 4.69) is 26.3 Å². The van der Waals surface area contributed by atoms with Crippen LogP contribution in [-0.4, -0.2) is 34.0 Å². The van der Waals surface area contributed by atoms with Crippen molar-refractivity contribution in [2.45, 2.75) is 12.5 Å². The Morgan fingerprint density at radius 1 is 1.69 bits per heavy atom. The van der Waals surface area contributed by atoms with Crippen molar-refractivity contribution in [3.8, 4) is 0 Å². The Hall–Kier alpha value is -1.02. The third-order valence-electron chi connectivity index (χ3n) is 1.87. The molecule has 1 unspecified atom stereocenters. The summed E-state index contributed by atoms with van der Waals surface area (Å²) in [6.45, 7) is -0.356. The van der Waals surface area contributed by atoms with Gasteiger partial charge in [-0.2, -0.15) is 5.10 Å². The first-order chi connectivity index (χ1) is 7.43. The van der Waals surface area contributed by atoms with Crippen LogP contribution in [0.2, 0.25) is 0 Å². The summed E-state index contributed by atoms with van der Waals surface area (Å²) in [7, 11) is 1.46. The second kappa shape index (κ2) is 5.35. The standard InChI is InChI=1S/C8H10BrF2N3O2/c1-14-8(16)6(9)4(2-13-14)12-3-5(15)7(10)11/h2,5,7,12,15H,3H2,1H3. The third-order valence-corrected chi connectivity index (χ3v) is 2.64. The second-order valence-corrected chi connectivity index (χ2v) is 3.88. The van der Waals surface area contributed by atoms with Gasteiger partial charge in [-0.1, -0.05) is 0 Å². The van der Waals surface area contributed by atoms with Gasteiger partial charge in [-0.3, -0.25) is 4.79 Å². The number of aryl methyl sites for hydroxylation is 1. The van der Waals surface area contributed by atoms with Crippen LogP contribution in [0.4, 0.5) is 14.5 Å². The molecule has 0 aliphatic rings. The highest BCUT2D eigenvalue weighted by Gasteiger charge is 2.17. The summed E-state index contributed by atoms with van der Waals surface area (Å²) < 4.78 is 25.3. The van der Waals surface area contributed by atoms with Gasteiger partial charge in [0.05, 0.1) is 11.9 Å². The van der Waals surface area contributed by atoms with Crippen LogP contribution in [0.5, 0.6) is 0 Å². The quantitative estimate of drug-likeness (QED) is 0.853. The lowest BCUT2D eigenvalue weighted by Gasteiger charge is -2.12. The number of rotatable bonds is 4. The predicted molar refractivity (Wildman–Crippen MR) is 57.7 cm³/mol. The first-order valence-corrected chi connectivity index (χ1v) is 5.14. The molecule has 0 saturated heterocycles. The summed E-state index contributed by atoms with van der Waals surface area (Å²) in [5.74, 6) is 0. The van der Waals surface area contributed by atoms with Gasteiger partial charge in [0, 0.05) is 13.6 Å². The van der Waals surface area contributed by atoms with Crippen molar-refractivity contribution in [3.63, 3.8) is 0 Å². The van der Waals surface area contributed by atoms with E-state index in [1.165, 1.54) is 13.2 Å². The molecule has 0 spiro atoms. The van der Waals surface area contributed by atoms with Gasteiger partial charge in [-0.15, -0.1) is 0 Å². The van der Waals surface area contributed by atoms with E-state index in [4.69, 9.17) is 5.11 Å². The number of aliphatic hydroxyl groups is 1. The molecule has 90 valence electrons.